The average Bonchev–Trinajstić information content (AvgIpc) is 2.27. The second-order valence-corrected chi connectivity index (χ2v) is 6.49. The zero-order valence-electron chi connectivity index (χ0n) is 12.1. The van der Waals surface area contributed by atoms with E-state index in [0.717, 1.165) is 25.7 Å². The third-order valence-electron chi connectivity index (χ3n) is 3.48. The SMILES string of the molecule is CC(C)(C)OC(=O)[C@@](N)(CC1CCCCC1)C(=O)O. The first-order valence-electron chi connectivity index (χ1n) is 6.91. The van der Waals surface area contributed by atoms with E-state index in [4.69, 9.17) is 10.5 Å². The standard InChI is InChI=1S/C14H25NO4/c1-13(2,3)19-12(18)14(15,11(16)17)9-10-7-5-4-6-8-10/h10H,4-9,15H2,1-3H3,(H,16,17)/t14-/m1/s1. The van der Waals surface area contributed by atoms with E-state index in [1.165, 1.54) is 6.42 Å². The summed E-state index contributed by atoms with van der Waals surface area (Å²) in [6, 6.07) is 0. The van der Waals surface area contributed by atoms with Gasteiger partial charge < -0.3 is 15.6 Å². The zero-order chi connectivity index (χ0) is 14.7. The average molecular weight is 271 g/mol. The summed E-state index contributed by atoms with van der Waals surface area (Å²) in [6.45, 7) is 5.11. The lowest BCUT2D eigenvalue weighted by atomic mass is 9.79. The maximum Gasteiger partial charge on any atom is 0.338 e. The molecule has 0 aromatic rings. The third-order valence-corrected chi connectivity index (χ3v) is 3.48. The molecule has 0 unspecified atom stereocenters. The van der Waals surface area contributed by atoms with Crippen molar-refractivity contribution in [2.45, 2.75) is 70.4 Å². The van der Waals surface area contributed by atoms with Crippen molar-refractivity contribution in [3.05, 3.63) is 0 Å². The van der Waals surface area contributed by atoms with Crippen molar-refractivity contribution in [1.82, 2.24) is 0 Å². The number of hydrogen-bond donors (Lipinski definition) is 2. The molecule has 0 saturated heterocycles. The van der Waals surface area contributed by atoms with Gasteiger partial charge in [-0.3, -0.25) is 0 Å². The molecule has 0 amide bonds. The molecule has 0 aliphatic heterocycles. The summed E-state index contributed by atoms with van der Waals surface area (Å²) in [6.07, 6.45) is 5.37. The molecule has 0 heterocycles. The van der Waals surface area contributed by atoms with Gasteiger partial charge in [-0.05, 0) is 33.1 Å². The molecule has 19 heavy (non-hydrogen) atoms. The summed E-state index contributed by atoms with van der Waals surface area (Å²) >= 11 is 0. The van der Waals surface area contributed by atoms with Crippen molar-refractivity contribution < 1.29 is 19.4 Å². The normalized spacial score (nSPS) is 20.6. The van der Waals surface area contributed by atoms with Gasteiger partial charge in [0.1, 0.15) is 5.60 Å². The molecule has 0 bridgehead atoms. The van der Waals surface area contributed by atoms with E-state index in [9.17, 15) is 14.7 Å². The van der Waals surface area contributed by atoms with Crippen LogP contribution in [-0.2, 0) is 14.3 Å². The topological polar surface area (TPSA) is 89.6 Å². The Hall–Kier alpha value is -1.10. The van der Waals surface area contributed by atoms with E-state index in [1.54, 1.807) is 20.8 Å². The molecule has 0 spiro atoms. The Kier molecular flexibility index (Phi) is 4.96. The minimum absolute atomic E-state index is 0.164. The second kappa shape index (κ2) is 5.90. The van der Waals surface area contributed by atoms with E-state index >= 15 is 0 Å². The highest BCUT2D eigenvalue weighted by atomic mass is 16.6. The molecule has 1 fully saturated rings. The highest BCUT2D eigenvalue weighted by molar-refractivity contribution is 6.03. The quantitative estimate of drug-likeness (QED) is 0.603. The van der Waals surface area contributed by atoms with E-state index < -0.39 is 23.1 Å². The van der Waals surface area contributed by atoms with Crippen molar-refractivity contribution in [2.24, 2.45) is 11.7 Å². The molecule has 110 valence electrons. The zero-order valence-corrected chi connectivity index (χ0v) is 12.1. The summed E-state index contributed by atoms with van der Waals surface area (Å²) < 4.78 is 5.16. The molecule has 1 saturated carbocycles. The number of carbonyl (C=O) groups excluding carboxylic acids is 1. The van der Waals surface area contributed by atoms with Gasteiger partial charge in [0.15, 0.2) is 0 Å². The van der Waals surface area contributed by atoms with Crippen LogP contribution in [0, 0.1) is 5.92 Å². The van der Waals surface area contributed by atoms with Crippen molar-refractivity contribution in [3.63, 3.8) is 0 Å². The Morgan fingerprint density at radius 3 is 2.16 bits per heavy atom. The maximum atomic E-state index is 12.1. The highest BCUT2D eigenvalue weighted by Crippen LogP contribution is 2.31. The minimum atomic E-state index is -1.92. The fraction of sp³-hybridized carbons (Fsp3) is 0.857. The molecular formula is C14H25NO4. The molecule has 0 aromatic heterocycles. The molecule has 5 nitrogen and oxygen atoms in total. The van der Waals surface area contributed by atoms with Crippen LogP contribution in [0.3, 0.4) is 0 Å². The van der Waals surface area contributed by atoms with Crippen molar-refractivity contribution >= 4 is 11.9 Å². The molecule has 1 aliphatic carbocycles. The number of aliphatic carboxylic acids is 1. The van der Waals surface area contributed by atoms with Crippen LogP contribution in [0.2, 0.25) is 0 Å². The lowest BCUT2D eigenvalue weighted by Gasteiger charge is -2.32. The van der Waals surface area contributed by atoms with Crippen LogP contribution >= 0.6 is 0 Å². The number of carboxylic acid groups (broad SMARTS) is 1. The Balaban J connectivity index is 2.78. The van der Waals surface area contributed by atoms with Gasteiger partial charge >= 0.3 is 11.9 Å². The number of hydrogen-bond acceptors (Lipinski definition) is 4. The molecule has 1 aliphatic rings. The summed E-state index contributed by atoms with van der Waals surface area (Å²) in [5.74, 6) is -1.94. The van der Waals surface area contributed by atoms with Gasteiger partial charge in [-0.2, -0.15) is 0 Å². The Labute approximate surface area is 114 Å². The van der Waals surface area contributed by atoms with Crippen molar-refractivity contribution in [2.75, 3.05) is 0 Å². The predicted molar refractivity (Wildman–Crippen MR) is 71.6 cm³/mol. The smallest absolute Gasteiger partial charge is 0.338 e. The lowest BCUT2D eigenvalue weighted by molar-refractivity contribution is -0.170. The highest BCUT2D eigenvalue weighted by Gasteiger charge is 2.46. The number of nitrogens with two attached hydrogens (primary N) is 1. The van der Waals surface area contributed by atoms with Gasteiger partial charge in [0.25, 0.3) is 0 Å². The summed E-state index contributed by atoms with van der Waals surface area (Å²) in [4.78, 5) is 23.5. The maximum absolute atomic E-state index is 12.1. The Morgan fingerprint density at radius 2 is 1.74 bits per heavy atom. The van der Waals surface area contributed by atoms with Gasteiger partial charge in [-0.25, -0.2) is 9.59 Å². The number of rotatable bonds is 4. The molecular weight excluding hydrogens is 246 g/mol. The van der Waals surface area contributed by atoms with Crippen LogP contribution in [-0.4, -0.2) is 28.2 Å². The second-order valence-electron chi connectivity index (χ2n) is 6.49. The van der Waals surface area contributed by atoms with Crippen LogP contribution in [0.1, 0.15) is 59.3 Å². The molecule has 0 radical (unpaired) electrons. The predicted octanol–water partition coefficient (Wildman–Crippen LogP) is 2.08. The molecule has 1 atom stereocenters. The van der Waals surface area contributed by atoms with E-state index in [0.29, 0.717) is 0 Å². The van der Waals surface area contributed by atoms with Gasteiger partial charge in [-0.1, -0.05) is 32.1 Å². The summed E-state index contributed by atoms with van der Waals surface area (Å²) in [5.41, 5.74) is 3.19. The fourth-order valence-electron chi connectivity index (χ4n) is 2.47. The minimum Gasteiger partial charge on any atom is -0.479 e. The van der Waals surface area contributed by atoms with Crippen LogP contribution in [0.4, 0.5) is 0 Å². The van der Waals surface area contributed by atoms with Crippen LogP contribution < -0.4 is 5.73 Å². The first-order valence-corrected chi connectivity index (χ1v) is 6.91. The summed E-state index contributed by atoms with van der Waals surface area (Å²) in [5, 5.41) is 9.30. The van der Waals surface area contributed by atoms with E-state index in [-0.39, 0.29) is 12.3 Å². The van der Waals surface area contributed by atoms with E-state index in [2.05, 4.69) is 0 Å². The molecule has 5 heteroatoms. The number of carbonyl (C=O) groups is 2. The molecule has 1 rings (SSSR count). The van der Waals surface area contributed by atoms with Crippen LogP contribution in [0.25, 0.3) is 0 Å². The van der Waals surface area contributed by atoms with Gasteiger partial charge in [0.05, 0.1) is 0 Å². The molecule has 0 aromatic carbocycles. The number of carboxylic acids is 1. The largest absolute Gasteiger partial charge is 0.479 e. The first-order chi connectivity index (χ1) is 8.65. The van der Waals surface area contributed by atoms with Crippen LogP contribution in [0.5, 0.6) is 0 Å². The molecule has 3 N–H and O–H groups in total. The number of ether oxygens (including phenoxy) is 1. The van der Waals surface area contributed by atoms with Crippen molar-refractivity contribution in [1.29, 1.82) is 0 Å². The summed E-state index contributed by atoms with van der Waals surface area (Å²) in [7, 11) is 0. The first kappa shape index (κ1) is 16.0. The number of esters is 1. The Morgan fingerprint density at radius 1 is 1.21 bits per heavy atom. The van der Waals surface area contributed by atoms with Crippen molar-refractivity contribution in [3.8, 4) is 0 Å². The van der Waals surface area contributed by atoms with Gasteiger partial charge in [-0.15, -0.1) is 0 Å². The Bertz CT molecular complexity index is 342. The monoisotopic (exact) mass is 271 g/mol. The van der Waals surface area contributed by atoms with E-state index in [1.807, 2.05) is 0 Å². The third kappa shape index (κ3) is 4.49. The van der Waals surface area contributed by atoms with Crippen LogP contribution in [0.15, 0.2) is 0 Å². The van der Waals surface area contributed by atoms with Gasteiger partial charge in [0.2, 0.25) is 5.54 Å². The lowest BCUT2D eigenvalue weighted by Crippen LogP contribution is -2.58. The fourth-order valence-corrected chi connectivity index (χ4v) is 2.47. The van der Waals surface area contributed by atoms with Gasteiger partial charge in [0, 0.05) is 0 Å².